The zero-order valence-electron chi connectivity index (χ0n) is 19.0. The summed E-state index contributed by atoms with van der Waals surface area (Å²) in [5.74, 6) is 0.725. The number of piperidine rings is 1. The predicted molar refractivity (Wildman–Crippen MR) is 128 cm³/mol. The largest absolute Gasteiger partial charge is 0.491 e. The summed E-state index contributed by atoms with van der Waals surface area (Å²) in [5, 5.41) is 3.08. The van der Waals surface area contributed by atoms with E-state index in [0.717, 1.165) is 72.8 Å². The van der Waals surface area contributed by atoms with Crippen molar-refractivity contribution in [2.75, 3.05) is 25.0 Å². The second kappa shape index (κ2) is 10.4. The summed E-state index contributed by atoms with van der Waals surface area (Å²) < 4.78 is 8.26. The number of ether oxygens (including phenoxy) is 1. The van der Waals surface area contributed by atoms with Gasteiger partial charge in [-0.3, -0.25) is 0 Å². The van der Waals surface area contributed by atoms with Gasteiger partial charge in [0, 0.05) is 30.9 Å². The number of anilines is 1. The van der Waals surface area contributed by atoms with Gasteiger partial charge in [0.05, 0.1) is 24.3 Å². The normalized spacial score (nSPS) is 13.8. The number of likely N-dealkylation sites (tertiary alicyclic amines) is 1. The number of benzene rings is 2. The van der Waals surface area contributed by atoms with Crippen LogP contribution in [0.3, 0.4) is 0 Å². The highest BCUT2D eigenvalue weighted by Gasteiger charge is 2.19. The van der Waals surface area contributed by atoms with Crippen LogP contribution in [0, 0.1) is 13.8 Å². The molecule has 0 atom stereocenters. The van der Waals surface area contributed by atoms with E-state index in [4.69, 9.17) is 4.74 Å². The van der Waals surface area contributed by atoms with E-state index in [-0.39, 0.29) is 6.03 Å². The molecule has 0 spiro atoms. The molecule has 0 unspecified atom stereocenters. The molecule has 0 bridgehead atoms. The van der Waals surface area contributed by atoms with Crippen LogP contribution < -0.4 is 10.1 Å². The van der Waals surface area contributed by atoms with Crippen LogP contribution in [0.5, 0.6) is 5.75 Å². The second-order valence-electron chi connectivity index (χ2n) is 8.37. The lowest BCUT2D eigenvalue weighted by molar-refractivity contribution is 0.200. The minimum atomic E-state index is -0.0358. The molecule has 2 amide bonds. The van der Waals surface area contributed by atoms with E-state index in [1.54, 1.807) is 0 Å². The van der Waals surface area contributed by atoms with Crippen molar-refractivity contribution in [1.82, 2.24) is 14.5 Å². The molecular formula is C26H32N4O2. The first-order valence-corrected chi connectivity index (χ1v) is 11.5. The number of carbonyl (C=O) groups is 1. The van der Waals surface area contributed by atoms with Gasteiger partial charge in [0.25, 0.3) is 0 Å². The zero-order chi connectivity index (χ0) is 22.3. The molecule has 2 heterocycles. The van der Waals surface area contributed by atoms with E-state index in [0.29, 0.717) is 6.61 Å². The third-order valence-electron chi connectivity index (χ3n) is 6.06. The molecule has 6 heteroatoms. The summed E-state index contributed by atoms with van der Waals surface area (Å²) >= 11 is 0. The maximum absolute atomic E-state index is 12.7. The van der Waals surface area contributed by atoms with Gasteiger partial charge >= 0.3 is 6.03 Å². The first-order chi connectivity index (χ1) is 15.6. The van der Waals surface area contributed by atoms with Gasteiger partial charge in [-0.2, -0.15) is 0 Å². The van der Waals surface area contributed by atoms with Crippen LogP contribution in [0.2, 0.25) is 0 Å². The Morgan fingerprint density at radius 2 is 1.81 bits per heavy atom. The van der Waals surface area contributed by atoms with Crippen molar-refractivity contribution < 1.29 is 9.53 Å². The number of imidazole rings is 1. The molecule has 4 rings (SSSR count). The molecule has 168 valence electrons. The predicted octanol–water partition coefficient (Wildman–Crippen LogP) is 5.65. The van der Waals surface area contributed by atoms with E-state index < -0.39 is 0 Å². The molecule has 1 aromatic heterocycles. The van der Waals surface area contributed by atoms with E-state index in [2.05, 4.69) is 33.9 Å². The highest BCUT2D eigenvalue weighted by Crippen LogP contribution is 2.29. The highest BCUT2D eigenvalue weighted by atomic mass is 16.5. The van der Waals surface area contributed by atoms with Gasteiger partial charge in [-0.1, -0.05) is 42.5 Å². The maximum atomic E-state index is 12.7. The molecular weight excluding hydrogens is 400 g/mol. The van der Waals surface area contributed by atoms with Gasteiger partial charge in [0.15, 0.2) is 0 Å². The molecule has 1 N–H and O–H groups in total. The number of nitrogens with one attached hydrogen (secondary N) is 1. The van der Waals surface area contributed by atoms with Crippen LogP contribution in [0.25, 0.3) is 11.3 Å². The molecule has 0 saturated carbocycles. The molecule has 32 heavy (non-hydrogen) atoms. The van der Waals surface area contributed by atoms with Gasteiger partial charge in [0.2, 0.25) is 0 Å². The SMILES string of the molecule is Cc1cccc(OCCCn2cnc(-c3ccccc3)c2C)c1NC(=O)N1CCCCC1. The lowest BCUT2D eigenvalue weighted by Gasteiger charge is -2.27. The Labute approximate surface area is 190 Å². The Morgan fingerprint density at radius 3 is 2.59 bits per heavy atom. The minimum Gasteiger partial charge on any atom is -0.491 e. The fourth-order valence-corrected chi connectivity index (χ4v) is 4.17. The third-order valence-corrected chi connectivity index (χ3v) is 6.06. The Hall–Kier alpha value is -3.28. The van der Waals surface area contributed by atoms with Gasteiger partial charge < -0.3 is 19.5 Å². The van der Waals surface area contributed by atoms with E-state index in [1.807, 2.05) is 54.5 Å². The number of hydrogen-bond acceptors (Lipinski definition) is 3. The van der Waals surface area contributed by atoms with Crippen molar-refractivity contribution in [1.29, 1.82) is 0 Å². The van der Waals surface area contributed by atoms with Gasteiger partial charge in [0.1, 0.15) is 5.75 Å². The molecule has 2 aromatic carbocycles. The fraction of sp³-hybridized carbons (Fsp3) is 0.385. The van der Waals surface area contributed by atoms with Crippen LogP contribution >= 0.6 is 0 Å². The van der Waals surface area contributed by atoms with Crippen LogP contribution in [0.1, 0.15) is 36.9 Å². The van der Waals surface area contributed by atoms with E-state index in [1.165, 1.54) is 6.42 Å². The van der Waals surface area contributed by atoms with Crippen LogP contribution in [0.4, 0.5) is 10.5 Å². The number of rotatable bonds is 7. The summed E-state index contributed by atoms with van der Waals surface area (Å²) in [7, 11) is 0. The summed E-state index contributed by atoms with van der Waals surface area (Å²) in [6.45, 7) is 7.14. The Balaban J connectivity index is 1.34. The number of amides is 2. The van der Waals surface area contributed by atoms with E-state index >= 15 is 0 Å². The van der Waals surface area contributed by atoms with E-state index in [9.17, 15) is 4.79 Å². The van der Waals surface area contributed by atoms with Crippen molar-refractivity contribution in [3.63, 3.8) is 0 Å². The lowest BCUT2D eigenvalue weighted by Crippen LogP contribution is -2.38. The molecule has 1 fully saturated rings. The van der Waals surface area contributed by atoms with Crippen LogP contribution in [-0.2, 0) is 6.54 Å². The number of hydrogen-bond donors (Lipinski definition) is 1. The first-order valence-electron chi connectivity index (χ1n) is 11.5. The summed E-state index contributed by atoms with van der Waals surface area (Å²) in [6.07, 6.45) is 6.09. The molecule has 1 saturated heterocycles. The summed E-state index contributed by atoms with van der Waals surface area (Å²) in [5.41, 5.74) is 5.09. The fourth-order valence-electron chi connectivity index (χ4n) is 4.17. The monoisotopic (exact) mass is 432 g/mol. The Bertz CT molecular complexity index is 1040. The smallest absolute Gasteiger partial charge is 0.321 e. The topological polar surface area (TPSA) is 59.4 Å². The van der Waals surface area contributed by atoms with Crippen molar-refractivity contribution >= 4 is 11.7 Å². The lowest BCUT2D eigenvalue weighted by atomic mass is 10.1. The molecule has 1 aliphatic rings. The summed E-state index contributed by atoms with van der Waals surface area (Å²) in [4.78, 5) is 19.2. The van der Waals surface area contributed by atoms with Crippen molar-refractivity contribution in [3.05, 3.63) is 66.1 Å². The number of carbonyl (C=O) groups excluding carboxylic acids is 1. The van der Waals surface area contributed by atoms with Gasteiger partial charge in [-0.05, 0) is 51.2 Å². The average molecular weight is 433 g/mol. The first kappa shape index (κ1) is 21.9. The molecule has 6 nitrogen and oxygen atoms in total. The number of para-hydroxylation sites is 1. The van der Waals surface area contributed by atoms with Gasteiger partial charge in [-0.15, -0.1) is 0 Å². The Morgan fingerprint density at radius 1 is 1.03 bits per heavy atom. The Kier molecular flexibility index (Phi) is 7.10. The molecule has 1 aliphatic heterocycles. The molecule has 3 aromatic rings. The van der Waals surface area contributed by atoms with Crippen molar-refractivity contribution in [2.45, 2.75) is 46.1 Å². The third kappa shape index (κ3) is 5.13. The average Bonchev–Trinajstić information content (AvgIpc) is 3.20. The van der Waals surface area contributed by atoms with Crippen molar-refractivity contribution in [2.24, 2.45) is 0 Å². The minimum absolute atomic E-state index is 0.0358. The molecule has 0 aliphatic carbocycles. The van der Waals surface area contributed by atoms with Gasteiger partial charge in [-0.25, -0.2) is 9.78 Å². The van der Waals surface area contributed by atoms with Crippen molar-refractivity contribution in [3.8, 4) is 17.0 Å². The number of urea groups is 1. The number of aryl methyl sites for hydroxylation is 2. The molecule has 0 radical (unpaired) electrons. The van der Waals surface area contributed by atoms with Crippen LogP contribution in [-0.4, -0.2) is 40.2 Å². The summed E-state index contributed by atoms with van der Waals surface area (Å²) in [6, 6.07) is 16.1. The number of nitrogens with zero attached hydrogens (tertiary/aromatic N) is 3. The standard InChI is InChI=1S/C26H32N4O2/c1-20-11-9-14-23(24(20)28-26(31)29-15-7-4-8-16-29)32-18-10-17-30-19-27-25(21(30)2)22-12-5-3-6-13-22/h3,5-6,9,11-14,19H,4,7-8,10,15-18H2,1-2H3,(H,28,31). The quantitative estimate of drug-likeness (QED) is 0.491. The number of aromatic nitrogens is 2. The highest BCUT2D eigenvalue weighted by molar-refractivity contribution is 5.92. The van der Waals surface area contributed by atoms with Crippen LogP contribution in [0.15, 0.2) is 54.9 Å². The maximum Gasteiger partial charge on any atom is 0.321 e. The zero-order valence-corrected chi connectivity index (χ0v) is 19.0. The second-order valence-corrected chi connectivity index (χ2v) is 8.37.